The summed E-state index contributed by atoms with van der Waals surface area (Å²) in [4.78, 5) is 16.8. The first kappa shape index (κ1) is 20.7. The first-order valence-corrected chi connectivity index (χ1v) is 11.6. The van der Waals surface area contributed by atoms with E-state index in [2.05, 4.69) is 10.3 Å². The van der Waals surface area contributed by atoms with Crippen molar-refractivity contribution in [2.75, 3.05) is 25.5 Å². The number of ether oxygens (including phenoxy) is 1. The molecule has 1 aliphatic heterocycles. The summed E-state index contributed by atoms with van der Waals surface area (Å²) in [5.41, 5.74) is 0.686. The number of carbonyl (C=O) groups is 1. The van der Waals surface area contributed by atoms with Crippen LogP contribution in [0.15, 0.2) is 47.4 Å². The number of thiazole rings is 1. The van der Waals surface area contributed by atoms with Gasteiger partial charge in [0.15, 0.2) is 5.13 Å². The van der Waals surface area contributed by atoms with Gasteiger partial charge in [-0.1, -0.05) is 29.5 Å². The van der Waals surface area contributed by atoms with Gasteiger partial charge in [-0.2, -0.15) is 4.31 Å². The van der Waals surface area contributed by atoms with E-state index in [9.17, 15) is 17.6 Å². The zero-order valence-electron chi connectivity index (χ0n) is 16.2. The van der Waals surface area contributed by atoms with Crippen LogP contribution in [0.5, 0.6) is 5.75 Å². The number of fused-ring (bicyclic) bond motifs is 1. The molecule has 3 aromatic rings. The Morgan fingerprint density at radius 3 is 2.63 bits per heavy atom. The Hall–Kier alpha value is -2.56. The van der Waals surface area contributed by atoms with Crippen LogP contribution in [-0.2, 0) is 14.8 Å². The van der Waals surface area contributed by atoms with Crippen LogP contribution in [0.25, 0.3) is 10.2 Å². The SMILES string of the molecule is COc1cccc2sc(NC(=O)C3CCN(S(=O)(=O)c4ccccc4F)CC3)nc12. The van der Waals surface area contributed by atoms with Crippen molar-refractivity contribution in [2.24, 2.45) is 5.92 Å². The second kappa shape index (κ2) is 8.29. The second-order valence-corrected chi connectivity index (χ2v) is 9.86. The summed E-state index contributed by atoms with van der Waals surface area (Å²) in [6, 6.07) is 10.9. The monoisotopic (exact) mass is 449 g/mol. The van der Waals surface area contributed by atoms with Crippen molar-refractivity contribution in [1.29, 1.82) is 0 Å². The predicted molar refractivity (Wildman–Crippen MR) is 113 cm³/mol. The number of piperidine rings is 1. The maximum atomic E-state index is 13.9. The normalized spacial score (nSPS) is 15.9. The standard InChI is InChI=1S/C20H20FN3O4S2/c1-28-15-6-4-7-16-18(15)22-20(29-16)23-19(25)13-9-11-24(12-10-13)30(26,27)17-8-3-2-5-14(17)21/h2-8,13H,9-12H2,1H3,(H,22,23,25). The molecule has 1 saturated heterocycles. The number of halogens is 1. The van der Waals surface area contributed by atoms with Gasteiger partial charge in [0.1, 0.15) is 22.0 Å². The largest absolute Gasteiger partial charge is 0.494 e. The third-order valence-corrected chi connectivity index (χ3v) is 7.98. The van der Waals surface area contributed by atoms with Crippen LogP contribution >= 0.6 is 11.3 Å². The number of nitrogens with one attached hydrogen (secondary N) is 1. The van der Waals surface area contributed by atoms with Crippen molar-refractivity contribution < 1.29 is 22.3 Å². The van der Waals surface area contributed by atoms with E-state index in [1.54, 1.807) is 13.2 Å². The maximum absolute atomic E-state index is 13.9. The Bertz CT molecular complexity index is 1190. The lowest BCUT2D eigenvalue weighted by atomic mass is 9.97. The van der Waals surface area contributed by atoms with Crippen LogP contribution in [0.4, 0.5) is 9.52 Å². The van der Waals surface area contributed by atoms with Crippen LogP contribution in [-0.4, -0.2) is 43.8 Å². The Kier molecular flexibility index (Phi) is 5.72. The molecule has 2 aromatic carbocycles. The number of hydrogen-bond acceptors (Lipinski definition) is 6. The number of benzene rings is 2. The summed E-state index contributed by atoms with van der Waals surface area (Å²) < 4.78 is 46.8. The Morgan fingerprint density at radius 1 is 1.20 bits per heavy atom. The van der Waals surface area contributed by atoms with Gasteiger partial charge in [0.2, 0.25) is 15.9 Å². The number of amides is 1. The molecule has 2 heterocycles. The number of para-hydroxylation sites is 1. The van der Waals surface area contributed by atoms with E-state index >= 15 is 0 Å². The van der Waals surface area contributed by atoms with E-state index in [-0.39, 0.29) is 29.8 Å². The van der Waals surface area contributed by atoms with Crippen LogP contribution in [0.3, 0.4) is 0 Å². The van der Waals surface area contributed by atoms with Crippen molar-refractivity contribution in [3.8, 4) is 5.75 Å². The quantitative estimate of drug-likeness (QED) is 0.644. The number of nitrogens with zero attached hydrogens (tertiary/aromatic N) is 2. The highest BCUT2D eigenvalue weighted by Crippen LogP contribution is 2.33. The van der Waals surface area contributed by atoms with Gasteiger partial charge >= 0.3 is 0 Å². The van der Waals surface area contributed by atoms with E-state index in [0.717, 1.165) is 10.8 Å². The van der Waals surface area contributed by atoms with Gasteiger partial charge in [-0.15, -0.1) is 0 Å². The molecule has 1 N–H and O–H groups in total. The molecule has 10 heteroatoms. The summed E-state index contributed by atoms with van der Waals surface area (Å²) in [5, 5.41) is 3.30. The summed E-state index contributed by atoms with van der Waals surface area (Å²) in [7, 11) is -2.36. The fourth-order valence-electron chi connectivity index (χ4n) is 3.50. The molecule has 0 radical (unpaired) electrons. The molecule has 0 saturated carbocycles. The average molecular weight is 450 g/mol. The highest BCUT2D eigenvalue weighted by molar-refractivity contribution is 7.89. The maximum Gasteiger partial charge on any atom is 0.245 e. The predicted octanol–water partition coefficient (Wildman–Crippen LogP) is 3.48. The van der Waals surface area contributed by atoms with Gasteiger partial charge < -0.3 is 10.1 Å². The molecular formula is C20H20FN3O4S2. The van der Waals surface area contributed by atoms with Gasteiger partial charge in [0, 0.05) is 19.0 Å². The lowest BCUT2D eigenvalue weighted by Crippen LogP contribution is -2.41. The Balaban J connectivity index is 1.42. The molecule has 158 valence electrons. The van der Waals surface area contributed by atoms with E-state index in [4.69, 9.17) is 4.74 Å². The zero-order valence-corrected chi connectivity index (χ0v) is 17.8. The first-order chi connectivity index (χ1) is 14.4. The highest BCUT2D eigenvalue weighted by atomic mass is 32.2. The average Bonchev–Trinajstić information content (AvgIpc) is 3.16. The number of anilines is 1. The highest BCUT2D eigenvalue weighted by Gasteiger charge is 2.33. The molecule has 1 aliphatic rings. The molecule has 0 unspecified atom stereocenters. The van der Waals surface area contributed by atoms with E-state index < -0.39 is 15.8 Å². The molecule has 1 amide bonds. The molecule has 0 aliphatic carbocycles. The van der Waals surface area contributed by atoms with E-state index in [1.807, 2.05) is 12.1 Å². The van der Waals surface area contributed by atoms with Crippen molar-refractivity contribution in [2.45, 2.75) is 17.7 Å². The first-order valence-electron chi connectivity index (χ1n) is 9.39. The minimum Gasteiger partial charge on any atom is -0.494 e. The lowest BCUT2D eigenvalue weighted by Gasteiger charge is -2.30. The molecule has 1 fully saturated rings. The minimum atomic E-state index is -3.92. The van der Waals surface area contributed by atoms with Gasteiger partial charge in [-0.25, -0.2) is 17.8 Å². The molecule has 4 rings (SSSR count). The van der Waals surface area contributed by atoms with Crippen LogP contribution in [0.2, 0.25) is 0 Å². The van der Waals surface area contributed by atoms with E-state index in [0.29, 0.717) is 29.2 Å². The van der Waals surface area contributed by atoms with Crippen molar-refractivity contribution >= 4 is 42.6 Å². The number of hydrogen-bond donors (Lipinski definition) is 1. The Morgan fingerprint density at radius 2 is 1.93 bits per heavy atom. The number of carbonyl (C=O) groups excluding carboxylic acids is 1. The van der Waals surface area contributed by atoms with Crippen molar-refractivity contribution in [3.63, 3.8) is 0 Å². The van der Waals surface area contributed by atoms with E-state index in [1.165, 1.54) is 33.8 Å². The number of methoxy groups -OCH3 is 1. The molecule has 0 spiro atoms. The van der Waals surface area contributed by atoms with Gasteiger partial charge in [0.05, 0.1) is 11.8 Å². The fourth-order valence-corrected chi connectivity index (χ4v) is 5.92. The third-order valence-electron chi connectivity index (χ3n) is 5.11. The van der Waals surface area contributed by atoms with Crippen LogP contribution in [0, 0.1) is 11.7 Å². The molecular weight excluding hydrogens is 429 g/mol. The lowest BCUT2D eigenvalue weighted by molar-refractivity contribution is -0.120. The third kappa shape index (κ3) is 3.90. The zero-order chi connectivity index (χ0) is 21.3. The van der Waals surface area contributed by atoms with Crippen molar-refractivity contribution in [3.05, 3.63) is 48.3 Å². The summed E-state index contributed by atoms with van der Waals surface area (Å²) in [6.45, 7) is 0.310. The van der Waals surface area contributed by atoms with Gasteiger partial charge in [-0.3, -0.25) is 4.79 Å². The van der Waals surface area contributed by atoms with Gasteiger partial charge in [-0.05, 0) is 37.1 Å². The topological polar surface area (TPSA) is 88.6 Å². The van der Waals surface area contributed by atoms with Crippen LogP contribution < -0.4 is 10.1 Å². The molecule has 0 bridgehead atoms. The van der Waals surface area contributed by atoms with Crippen LogP contribution in [0.1, 0.15) is 12.8 Å². The van der Waals surface area contributed by atoms with Gasteiger partial charge in [0.25, 0.3) is 0 Å². The summed E-state index contributed by atoms with van der Waals surface area (Å²) >= 11 is 1.35. The number of sulfonamides is 1. The number of aromatic nitrogens is 1. The summed E-state index contributed by atoms with van der Waals surface area (Å²) in [5.74, 6) is -0.679. The Labute approximate surface area is 177 Å². The van der Waals surface area contributed by atoms with Crippen molar-refractivity contribution in [1.82, 2.24) is 9.29 Å². The fraction of sp³-hybridized carbons (Fsp3) is 0.300. The molecule has 1 aromatic heterocycles. The molecule has 30 heavy (non-hydrogen) atoms. The number of rotatable bonds is 5. The molecule has 7 nitrogen and oxygen atoms in total. The molecule has 0 atom stereocenters. The minimum absolute atomic E-state index is 0.155. The second-order valence-electron chi connectivity index (χ2n) is 6.92. The summed E-state index contributed by atoms with van der Waals surface area (Å²) in [6.07, 6.45) is 0.710. The smallest absolute Gasteiger partial charge is 0.245 e.